The third-order valence-electron chi connectivity index (χ3n) is 2.61. The predicted molar refractivity (Wildman–Crippen MR) is 81.9 cm³/mol. The Balaban J connectivity index is 3.15. The van der Waals surface area contributed by atoms with Crippen molar-refractivity contribution in [1.29, 1.82) is 0 Å². The number of hydrogen-bond acceptors (Lipinski definition) is 2. The Bertz CT molecular complexity index is 445. The molecule has 0 aliphatic heterocycles. The third kappa shape index (κ3) is 4.33. The summed E-state index contributed by atoms with van der Waals surface area (Å²) < 4.78 is 1.98. The van der Waals surface area contributed by atoms with Crippen molar-refractivity contribution in [2.24, 2.45) is 5.41 Å². The summed E-state index contributed by atoms with van der Waals surface area (Å²) in [5, 5.41) is 4.51. The Morgan fingerprint density at radius 2 is 1.83 bits per heavy atom. The van der Waals surface area contributed by atoms with E-state index in [1.54, 1.807) is 0 Å². The van der Waals surface area contributed by atoms with Crippen LogP contribution < -0.4 is 4.98 Å². The van der Waals surface area contributed by atoms with E-state index >= 15 is 0 Å². The van der Waals surface area contributed by atoms with Crippen molar-refractivity contribution in [1.82, 2.24) is 14.8 Å². The largest absolute Gasteiger partial charge is 0.412 e. The molecule has 1 rings (SSSR count). The molecule has 1 aromatic rings. The van der Waals surface area contributed by atoms with Crippen LogP contribution in [0, 0.1) is 19.3 Å². The zero-order chi connectivity index (χ0) is 14.1. The Morgan fingerprint density at radius 3 is 2.17 bits per heavy atom. The average molecular weight is 265 g/mol. The van der Waals surface area contributed by atoms with Gasteiger partial charge in [0, 0.05) is 23.0 Å². The van der Waals surface area contributed by atoms with Gasteiger partial charge in [-0.15, -0.1) is 0 Å². The van der Waals surface area contributed by atoms with Crippen molar-refractivity contribution in [3.8, 4) is 0 Å². The minimum absolute atomic E-state index is 0.104. The summed E-state index contributed by atoms with van der Waals surface area (Å²) in [4.78, 5) is 3.72. The number of allylic oxidation sites excluding steroid dienone is 1. The van der Waals surface area contributed by atoms with E-state index in [2.05, 4.69) is 69.7 Å². The van der Waals surface area contributed by atoms with Crippen LogP contribution in [0.3, 0.4) is 0 Å². The molecule has 1 heterocycles. The van der Waals surface area contributed by atoms with Gasteiger partial charge in [0.1, 0.15) is 8.24 Å². The van der Waals surface area contributed by atoms with Crippen molar-refractivity contribution in [2.75, 3.05) is 0 Å². The van der Waals surface area contributed by atoms with E-state index in [9.17, 15) is 0 Å². The minimum Gasteiger partial charge on any atom is -0.412 e. The molecule has 1 N–H and O–H groups in total. The Morgan fingerprint density at radius 1 is 1.28 bits per heavy atom. The molecule has 0 spiro atoms. The summed E-state index contributed by atoms with van der Waals surface area (Å²) in [6.07, 6.45) is 2.14. The molecule has 0 atom stereocenters. The van der Waals surface area contributed by atoms with Crippen LogP contribution >= 0.6 is 0 Å². The first-order valence-electron chi connectivity index (χ1n) is 6.52. The van der Waals surface area contributed by atoms with Crippen LogP contribution in [0.2, 0.25) is 19.6 Å². The summed E-state index contributed by atoms with van der Waals surface area (Å²) in [7, 11) is -1.35. The molecule has 3 nitrogen and oxygen atoms in total. The van der Waals surface area contributed by atoms with Crippen LogP contribution in [-0.2, 0) is 0 Å². The first-order valence-corrected chi connectivity index (χ1v) is 10.0. The average Bonchev–Trinajstić information content (AvgIpc) is 2.40. The van der Waals surface area contributed by atoms with Crippen molar-refractivity contribution < 1.29 is 0 Å². The molecule has 0 bridgehead atoms. The predicted octanol–water partition coefficient (Wildman–Crippen LogP) is 3.77. The lowest BCUT2D eigenvalue weighted by Gasteiger charge is -2.31. The molecule has 0 aliphatic rings. The van der Waals surface area contributed by atoms with Gasteiger partial charge in [0.25, 0.3) is 0 Å². The highest BCUT2D eigenvalue weighted by atomic mass is 28.3. The second-order valence-corrected chi connectivity index (χ2v) is 11.8. The van der Waals surface area contributed by atoms with Crippen molar-refractivity contribution in [2.45, 2.75) is 54.3 Å². The maximum Gasteiger partial charge on any atom is 0.144 e. The molecule has 0 radical (unpaired) electrons. The molecule has 102 valence electrons. The zero-order valence-electron chi connectivity index (χ0n) is 13.0. The van der Waals surface area contributed by atoms with Gasteiger partial charge in [-0.25, -0.2) is 4.68 Å². The van der Waals surface area contributed by atoms with Gasteiger partial charge in [-0.2, -0.15) is 5.10 Å². The maximum atomic E-state index is 4.51. The highest BCUT2D eigenvalue weighted by Crippen LogP contribution is 2.25. The first-order chi connectivity index (χ1) is 7.99. The van der Waals surface area contributed by atoms with Gasteiger partial charge in [-0.05, 0) is 19.9 Å². The zero-order valence-corrected chi connectivity index (χ0v) is 14.0. The van der Waals surface area contributed by atoms with E-state index < -0.39 is 8.24 Å². The quantitative estimate of drug-likeness (QED) is 0.843. The summed E-state index contributed by atoms with van der Waals surface area (Å²) in [5.41, 5.74) is 3.59. The van der Waals surface area contributed by atoms with Gasteiger partial charge in [0.05, 0.1) is 5.69 Å². The van der Waals surface area contributed by atoms with Gasteiger partial charge >= 0.3 is 0 Å². The molecule has 0 aromatic carbocycles. The SMILES string of the molecule is Cc1cc(C)n(/C=C(/N[Si](C)(C)C)C(C)(C)C)n1. The van der Waals surface area contributed by atoms with E-state index in [-0.39, 0.29) is 5.41 Å². The molecule has 0 unspecified atom stereocenters. The van der Waals surface area contributed by atoms with E-state index in [0.717, 1.165) is 5.69 Å². The van der Waals surface area contributed by atoms with Gasteiger partial charge in [0.15, 0.2) is 0 Å². The molecule has 0 amide bonds. The van der Waals surface area contributed by atoms with Gasteiger partial charge in [-0.1, -0.05) is 40.4 Å². The van der Waals surface area contributed by atoms with Crippen LogP contribution in [0.1, 0.15) is 32.2 Å². The highest BCUT2D eigenvalue weighted by Gasteiger charge is 2.23. The molecule has 0 aliphatic carbocycles. The highest BCUT2D eigenvalue weighted by molar-refractivity contribution is 6.74. The lowest BCUT2D eigenvalue weighted by Crippen LogP contribution is -2.43. The van der Waals surface area contributed by atoms with E-state index in [1.165, 1.54) is 11.4 Å². The minimum atomic E-state index is -1.35. The number of rotatable bonds is 3. The summed E-state index contributed by atoms with van der Waals surface area (Å²) in [6, 6.07) is 2.10. The molecule has 18 heavy (non-hydrogen) atoms. The molecule has 0 saturated heterocycles. The van der Waals surface area contributed by atoms with E-state index in [4.69, 9.17) is 0 Å². The number of aromatic nitrogens is 2. The van der Waals surface area contributed by atoms with Crippen LogP contribution in [0.25, 0.3) is 6.20 Å². The lowest BCUT2D eigenvalue weighted by molar-refractivity contribution is 0.485. The number of hydrogen-bond donors (Lipinski definition) is 1. The smallest absolute Gasteiger partial charge is 0.144 e. The molecule has 1 aromatic heterocycles. The fourth-order valence-corrected chi connectivity index (χ4v) is 2.96. The van der Waals surface area contributed by atoms with Crippen LogP contribution in [0.4, 0.5) is 0 Å². The van der Waals surface area contributed by atoms with Crippen LogP contribution in [-0.4, -0.2) is 18.0 Å². The molecule has 4 heteroatoms. The monoisotopic (exact) mass is 265 g/mol. The second-order valence-electron chi connectivity index (χ2n) is 7.04. The number of nitrogens with zero attached hydrogens (tertiary/aromatic N) is 2. The van der Waals surface area contributed by atoms with Gasteiger partial charge < -0.3 is 4.98 Å². The van der Waals surface area contributed by atoms with Gasteiger partial charge in [0.2, 0.25) is 0 Å². The Kier molecular flexibility index (Phi) is 4.11. The van der Waals surface area contributed by atoms with Crippen LogP contribution in [0.5, 0.6) is 0 Å². The van der Waals surface area contributed by atoms with Crippen molar-refractivity contribution in [3.05, 3.63) is 23.2 Å². The fraction of sp³-hybridized carbons (Fsp3) is 0.643. The Hall–Kier alpha value is -1.03. The second kappa shape index (κ2) is 4.92. The van der Waals surface area contributed by atoms with Crippen molar-refractivity contribution in [3.63, 3.8) is 0 Å². The Labute approximate surface area is 112 Å². The first kappa shape index (κ1) is 15.0. The molecule has 0 fully saturated rings. The lowest BCUT2D eigenvalue weighted by atomic mass is 9.93. The van der Waals surface area contributed by atoms with Crippen molar-refractivity contribution >= 4 is 14.4 Å². The van der Waals surface area contributed by atoms with E-state index in [1.807, 2.05) is 11.6 Å². The summed E-state index contributed by atoms with van der Waals surface area (Å²) in [6.45, 7) is 17.8. The standard InChI is InChI=1S/C14H27N3Si/c1-11-9-12(2)17(15-11)10-13(14(3,4)5)16-18(6,7)8/h9-10,16H,1-8H3/b13-10+. The molecular formula is C14H27N3Si. The van der Waals surface area contributed by atoms with Gasteiger partial charge in [-0.3, -0.25) is 0 Å². The molecule has 0 saturated carbocycles. The number of nitrogens with one attached hydrogen (secondary N) is 1. The fourth-order valence-electron chi connectivity index (χ4n) is 1.72. The topological polar surface area (TPSA) is 29.9 Å². The van der Waals surface area contributed by atoms with Crippen LogP contribution in [0.15, 0.2) is 11.8 Å². The summed E-state index contributed by atoms with van der Waals surface area (Å²) in [5.74, 6) is 0. The summed E-state index contributed by atoms with van der Waals surface area (Å²) >= 11 is 0. The maximum absolute atomic E-state index is 4.51. The molecular weight excluding hydrogens is 238 g/mol. The number of aryl methyl sites for hydroxylation is 2. The third-order valence-corrected chi connectivity index (χ3v) is 3.63. The van der Waals surface area contributed by atoms with E-state index in [0.29, 0.717) is 0 Å². The normalized spacial score (nSPS) is 13.9.